The lowest BCUT2D eigenvalue weighted by molar-refractivity contribution is 0.164. The van der Waals surface area contributed by atoms with Crippen molar-refractivity contribution < 1.29 is 14.9 Å². The topological polar surface area (TPSA) is 75.7 Å². The molecule has 0 spiro atoms. The monoisotopic (exact) mass is 289 g/mol. The zero-order valence-corrected chi connectivity index (χ0v) is 10.9. The van der Waals surface area contributed by atoms with Gasteiger partial charge in [-0.3, -0.25) is 0 Å². The Labute approximate surface area is 103 Å². The number of phenolic OH excluding ortho intramolecular Hbond substituents is 1. The molecule has 2 atom stereocenters. The van der Waals surface area contributed by atoms with E-state index in [1.165, 1.54) is 0 Å². The summed E-state index contributed by atoms with van der Waals surface area (Å²) < 4.78 is 5.78. The van der Waals surface area contributed by atoms with Crippen LogP contribution in [-0.2, 0) is 0 Å². The molecule has 1 aromatic carbocycles. The summed E-state index contributed by atoms with van der Waals surface area (Å²) in [6.45, 7) is 3.90. The molecule has 0 aliphatic heterocycles. The van der Waals surface area contributed by atoms with Crippen LogP contribution in [0.4, 0.5) is 0 Å². The van der Waals surface area contributed by atoms with Gasteiger partial charge < -0.3 is 20.7 Å². The molecule has 0 aromatic heterocycles. The maximum atomic E-state index is 9.70. The van der Waals surface area contributed by atoms with Crippen molar-refractivity contribution in [1.82, 2.24) is 0 Å². The minimum atomic E-state index is -0.661. The minimum Gasteiger partial charge on any atom is -0.503 e. The number of aromatic hydroxyl groups is 1. The van der Waals surface area contributed by atoms with Crippen molar-refractivity contribution in [3.05, 3.63) is 22.2 Å². The minimum absolute atomic E-state index is 0.0448. The van der Waals surface area contributed by atoms with E-state index in [9.17, 15) is 10.2 Å². The van der Waals surface area contributed by atoms with Crippen LogP contribution in [-0.4, -0.2) is 22.9 Å². The molecule has 1 aromatic rings. The number of aliphatic hydroxyl groups is 1. The first-order valence-corrected chi connectivity index (χ1v) is 5.85. The molecule has 0 radical (unpaired) electrons. The standard InChI is InChI=1S/C11H16BrNO3/c1-3-16-9-5-7(10(13)6(2)14)4-8(12)11(9)15/h4-6,10,14-15H,3,13H2,1-2H3/t6-,10-/m0/s1. The molecule has 0 bridgehead atoms. The first-order valence-electron chi connectivity index (χ1n) is 5.06. The van der Waals surface area contributed by atoms with E-state index in [-0.39, 0.29) is 5.75 Å². The van der Waals surface area contributed by atoms with Crippen molar-refractivity contribution in [2.45, 2.75) is 26.0 Å². The van der Waals surface area contributed by atoms with E-state index in [2.05, 4.69) is 15.9 Å². The number of phenols is 1. The normalized spacial score (nSPS) is 14.6. The van der Waals surface area contributed by atoms with E-state index in [1.54, 1.807) is 19.1 Å². The molecular formula is C11H16BrNO3. The Morgan fingerprint density at radius 1 is 1.50 bits per heavy atom. The summed E-state index contributed by atoms with van der Waals surface area (Å²) in [6, 6.07) is 2.81. The van der Waals surface area contributed by atoms with Crippen LogP contribution in [0.2, 0.25) is 0 Å². The van der Waals surface area contributed by atoms with E-state index in [4.69, 9.17) is 10.5 Å². The third-order valence-electron chi connectivity index (χ3n) is 2.26. The molecule has 0 fully saturated rings. The highest BCUT2D eigenvalue weighted by molar-refractivity contribution is 9.10. The molecule has 0 heterocycles. The van der Waals surface area contributed by atoms with Crippen LogP contribution in [0.5, 0.6) is 11.5 Å². The van der Waals surface area contributed by atoms with E-state index in [0.29, 0.717) is 22.4 Å². The summed E-state index contributed by atoms with van der Waals surface area (Å²) in [5, 5.41) is 19.1. The Morgan fingerprint density at radius 2 is 2.12 bits per heavy atom. The second-order valence-electron chi connectivity index (χ2n) is 3.55. The summed E-state index contributed by atoms with van der Waals surface area (Å²) in [7, 11) is 0. The molecule has 0 unspecified atom stereocenters. The summed E-state index contributed by atoms with van der Waals surface area (Å²) in [5.41, 5.74) is 6.52. The van der Waals surface area contributed by atoms with Gasteiger partial charge in [-0.2, -0.15) is 0 Å². The number of aliphatic hydroxyl groups excluding tert-OH is 1. The Hall–Kier alpha value is -0.780. The van der Waals surface area contributed by atoms with Crippen molar-refractivity contribution in [2.75, 3.05) is 6.61 Å². The molecule has 4 nitrogen and oxygen atoms in total. The van der Waals surface area contributed by atoms with E-state index in [0.717, 1.165) is 0 Å². The highest BCUT2D eigenvalue weighted by atomic mass is 79.9. The molecule has 4 N–H and O–H groups in total. The van der Waals surface area contributed by atoms with Crippen LogP contribution in [0.15, 0.2) is 16.6 Å². The third-order valence-corrected chi connectivity index (χ3v) is 2.86. The molecule has 5 heteroatoms. The number of halogens is 1. The van der Waals surface area contributed by atoms with Crippen molar-refractivity contribution in [1.29, 1.82) is 0 Å². The average Bonchev–Trinajstić information content (AvgIpc) is 2.23. The average molecular weight is 290 g/mol. The molecule has 0 saturated heterocycles. The van der Waals surface area contributed by atoms with Crippen molar-refractivity contribution >= 4 is 15.9 Å². The van der Waals surface area contributed by atoms with Gasteiger partial charge in [0, 0.05) is 0 Å². The highest BCUT2D eigenvalue weighted by Crippen LogP contribution is 2.37. The molecule has 0 saturated carbocycles. The lowest BCUT2D eigenvalue weighted by Gasteiger charge is -2.17. The maximum absolute atomic E-state index is 9.70. The molecular weight excluding hydrogens is 274 g/mol. The lowest BCUT2D eigenvalue weighted by atomic mass is 10.0. The molecule has 0 aliphatic carbocycles. The number of benzene rings is 1. The zero-order chi connectivity index (χ0) is 12.3. The van der Waals surface area contributed by atoms with Gasteiger partial charge in [-0.1, -0.05) is 0 Å². The highest BCUT2D eigenvalue weighted by Gasteiger charge is 2.16. The zero-order valence-electron chi connectivity index (χ0n) is 9.27. The van der Waals surface area contributed by atoms with Gasteiger partial charge in [0.25, 0.3) is 0 Å². The second kappa shape index (κ2) is 5.52. The third kappa shape index (κ3) is 2.87. The van der Waals surface area contributed by atoms with Gasteiger partial charge >= 0.3 is 0 Å². The first-order chi connectivity index (χ1) is 7.47. The number of hydrogen-bond acceptors (Lipinski definition) is 4. The number of rotatable bonds is 4. The lowest BCUT2D eigenvalue weighted by Crippen LogP contribution is -2.23. The van der Waals surface area contributed by atoms with E-state index < -0.39 is 12.1 Å². The maximum Gasteiger partial charge on any atom is 0.172 e. The Morgan fingerprint density at radius 3 is 2.62 bits per heavy atom. The van der Waals surface area contributed by atoms with Crippen LogP contribution in [0.3, 0.4) is 0 Å². The molecule has 0 amide bonds. The SMILES string of the molecule is CCOc1cc([C@@H](N)[C@H](C)O)cc(Br)c1O. The molecule has 1 rings (SSSR count). The van der Waals surface area contributed by atoms with E-state index >= 15 is 0 Å². The number of ether oxygens (including phenoxy) is 1. The summed E-state index contributed by atoms with van der Waals surface area (Å²) in [5.74, 6) is 0.409. The summed E-state index contributed by atoms with van der Waals surface area (Å²) in [4.78, 5) is 0. The van der Waals surface area contributed by atoms with Crippen LogP contribution in [0, 0.1) is 0 Å². The van der Waals surface area contributed by atoms with Crippen LogP contribution < -0.4 is 10.5 Å². The number of hydrogen-bond donors (Lipinski definition) is 3. The van der Waals surface area contributed by atoms with Crippen molar-refractivity contribution in [3.8, 4) is 11.5 Å². The van der Waals surface area contributed by atoms with Gasteiger partial charge in [0.15, 0.2) is 11.5 Å². The van der Waals surface area contributed by atoms with Crippen LogP contribution in [0.25, 0.3) is 0 Å². The Balaban J connectivity index is 3.13. The predicted octanol–water partition coefficient (Wildman–Crippen LogP) is 1.93. The predicted molar refractivity (Wildman–Crippen MR) is 65.6 cm³/mol. The molecule has 0 aliphatic rings. The smallest absolute Gasteiger partial charge is 0.172 e. The second-order valence-corrected chi connectivity index (χ2v) is 4.40. The van der Waals surface area contributed by atoms with E-state index in [1.807, 2.05) is 6.92 Å². The Kier molecular flexibility index (Phi) is 4.58. The largest absolute Gasteiger partial charge is 0.503 e. The molecule has 90 valence electrons. The Bertz CT molecular complexity index is 368. The summed E-state index contributed by atoms with van der Waals surface area (Å²) >= 11 is 3.22. The van der Waals surface area contributed by atoms with Crippen molar-refractivity contribution in [3.63, 3.8) is 0 Å². The quantitative estimate of drug-likeness (QED) is 0.792. The van der Waals surface area contributed by atoms with Crippen LogP contribution in [0.1, 0.15) is 25.5 Å². The fourth-order valence-electron chi connectivity index (χ4n) is 1.33. The summed E-state index contributed by atoms with van der Waals surface area (Å²) in [6.07, 6.45) is -0.661. The van der Waals surface area contributed by atoms with Gasteiger partial charge in [-0.05, 0) is 47.5 Å². The van der Waals surface area contributed by atoms with Gasteiger partial charge in [0.05, 0.1) is 23.2 Å². The fraction of sp³-hybridized carbons (Fsp3) is 0.455. The first kappa shape index (κ1) is 13.3. The van der Waals surface area contributed by atoms with Gasteiger partial charge in [-0.15, -0.1) is 0 Å². The van der Waals surface area contributed by atoms with Gasteiger partial charge in [-0.25, -0.2) is 0 Å². The number of nitrogens with two attached hydrogens (primary N) is 1. The molecule has 16 heavy (non-hydrogen) atoms. The van der Waals surface area contributed by atoms with Gasteiger partial charge in [0.1, 0.15) is 0 Å². The van der Waals surface area contributed by atoms with Crippen molar-refractivity contribution in [2.24, 2.45) is 5.73 Å². The van der Waals surface area contributed by atoms with Crippen LogP contribution >= 0.6 is 15.9 Å². The van der Waals surface area contributed by atoms with Gasteiger partial charge in [0.2, 0.25) is 0 Å². The fourth-order valence-corrected chi connectivity index (χ4v) is 1.79.